The fourth-order valence-electron chi connectivity index (χ4n) is 3.66. The summed E-state index contributed by atoms with van der Waals surface area (Å²) >= 11 is 0. The van der Waals surface area contributed by atoms with Crippen molar-refractivity contribution in [3.8, 4) is 11.4 Å². The van der Waals surface area contributed by atoms with Gasteiger partial charge in [0.25, 0.3) is 5.89 Å². The van der Waals surface area contributed by atoms with Gasteiger partial charge >= 0.3 is 0 Å². The van der Waals surface area contributed by atoms with E-state index in [0.29, 0.717) is 5.82 Å². The standard InChI is InChI=1S/C21H23N3O/c1-3-7-17(8-4-1)15-18-11-13-24(14-12-18)16-20-22-21(23-25-20)19-9-5-2-6-10-19/h1-10,18H,11-16H2/p+1. The molecule has 1 saturated heterocycles. The van der Waals surface area contributed by atoms with Crippen molar-refractivity contribution < 1.29 is 9.42 Å². The van der Waals surface area contributed by atoms with Crippen LogP contribution in [0.15, 0.2) is 65.2 Å². The molecule has 0 radical (unpaired) electrons. The first-order chi connectivity index (χ1) is 12.4. The van der Waals surface area contributed by atoms with Gasteiger partial charge in [-0.15, -0.1) is 0 Å². The summed E-state index contributed by atoms with van der Waals surface area (Å²) in [6, 6.07) is 20.8. The quantitative estimate of drug-likeness (QED) is 0.780. The number of quaternary nitrogens is 1. The molecule has 0 atom stereocenters. The molecule has 4 heteroatoms. The summed E-state index contributed by atoms with van der Waals surface area (Å²) in [5.41, 5.74) is 2.47. The second kappa shape index (κ2) is 7.62. The first kappa shape index (κ1) is 16.0. The molecule has 1 aliphatic heterocycles. The van der Waals surface area contributed by atoms with Crippen LogP contribution >= 0.6 is 0 Å². The van der Waals surface area contributed by atoms with Gasteiger partial charge in [0.15, 0.2) is 6.54 Å². The predicted octanol–water partition coefficient (Wildman–Crippen LogP) is 2.77. The molecule has 0 amide bonds. The maximum atomic E-state index is 5.46. The van der Waals surface area contributed by atoms with Crippen LogP contribution in [0.2, 0.25) is 0 Å². The molecule has 0 aliphatic carbocycles. The third-order valence-corrected chi connectivity index (χ3v) is 5.08. The Kier molecular flexibility index (Phi) is 4.89. The molecule has 2 aromatic carbocycles. The highest BCUT2D eigenvalue weighted by Gasteiger charge is 2.24. The minimum Gasteiger partial charge on any atom is -0.333 e. The Morgan fingerprint density at radius 3 is 2.32 bits per heavy atom. The molecule has 0 spiro atoms. The van der Waals surface area contributed by atoms with Crippen molar-refractivity contribution in [2.24, 2.45) is 5.92 Å². The number of hydrogen-bond acceptors (Lipinski definition) is 3. The van der Waals surface area contributed by atoms with Gasteiger partial charge in [0.05, 0.1) is 13.1 Å². The molecule has 1 aromatic heterocycles. The monoisotopic (exact) mass is 334 g/mol. The zero-order valence-electron chi connectivity index (χ0n) is 14.4. The van der Waals surface area contributed by atoms with Crippen LogP contribution in [0, 0.1) is 5.92 Å². The van der Waals surface area contributed by atoms with Crippen LogP contribution in [0.4, 0.5) is 0 Å². The molecule has 4 rings (SSSR count). The molecule has 25 heavy (non-hydrogen) atoms. The van der Waals surface area contributed by atoms with Gasteiger partial charge in [-0.25, -0.2) is 0 Å². The van der Waals surface area contributed by atoms with Gasteiger partial charge in [-0.1, -0.05) is 65.8 Å². The van der Waals surface area contributed by atoms with Crippen LogP contribution in [0.3, 0.4) is 0 Å². The zero-order chi connectivity index (χ0) is 16.9. The van der Waals surface area contributed by atoms with E-state index in [2.05, 4.69) is 40.5 Å². The van der Waals surface area contributed by atoms with Crippen molar-refractivity contribution in [2.75, 3.05) is 13.1 Å². The summed E-state index contributed by atoms with van der Waals surface area (Å²) in [4.78, 5) is 6.11. The molecule has 1 aliphatic rings. The Morgan fingerprint density at radius 2 is 1.60 bits per heavy atom. The van der Waals surface area contributed by atoms with Crippen LogP contribution in [0.1, 0.15) is 24.3 Å². The SMILES string of the molecule is c1ccc(CC2CC[NH+](Cc3nc(-c4ccccc4)no3)CC2)cc1. The van der Waals surface area contributed by atoms with Gasteiger partial charge in [-0.3, -0.25) is 0 Å². The molecule has 2 heterocycles. The van der Waals surface area contributed by atoms with E-state index >= 15 is 0 Å². The van der Waals surface area contributed by atoms with Crippen LogP contribution in [0.25, 0.3) is 11.4 Å². The molecule has 128 valence electrons. The first-order valence-corrected chi connectivity index (χ1v) is 9.12. The van der Waals surface area contributed by atoms with Crippen LogP contribution in [-0.4, -0.2) is 23.2 Å². The Bertz CT molecular complexity index is 777. The molecule has 4 nitrogen and oxygen atoms in total. The smallest absolute Gasteiger partial charge is 0.282 e. The van der Waals surface area contributed by atoms with E-state index in [1.807, 2.05) is 30.3 Å². The lowest BCUT2D eigenvalue weighted by Gasteiger charge is -2.28. The maximum Gasteiger partial charge on any atom is 0.282 e. The maximum absolute atomic E-state index is 5.46. The van der Waals surface area contributed by atoms with Crippen molar-refractivity contribution in [3.05, 3.63) is 72.1 Å². The first-order valence-electron chi connectivity index (χ1n) is 9.12. The topological polar surface area (TPSA) is 43.4 Å². The van der Waals surface area contributed by atoms with Gasteiger partial charge < -0.3 is 9.42 Å². The highest BCUT2D eigenvalue weighted by molar-refractivity contribution is 5.53. The molecular weight excluding hydrogens is 310 g/mol. The number of piperidine rings is 1. The second-order valence-electron chi connectivity index (χ2n) is 6.94. The Labute approximate surface area is 148 Å². The lowest BCUT2D eigenvalue weighted by atomic mass is 9.90. The van der Waals surface area contributed by atoms with Gasteiger partial charge in [0.2, 0.25) is 5.82 Å². The van der Waals surface area contributed by atoms with Crippen molar-refractivity contribution in [3.63, 3.8) is 0 Å². The lowest BCUT2D eigenvalue weighted by molar-refractivity contribution is -0.921. The van der Waals surface area contributed by atoms with E-state index in [9.17, 15) is 0 Å². The molecule has 3 aromatic rings. The molecule has 0 unspecified atom stereocenters. The number of aromatic nitrogens is 2. The van der Waals surface area contributed by atoms with E-state index in [4.69, 9.17) is 4.52 Å². The van der Waals surface area contributed by atoms with E-state index in [1.54, 1.807) is 4.90 Å². The van der Waals surface area contributed by atoms with Crippen LogP contribution < -0.4 is 4.90 Å². The number of hydrogen-bond donors (Lipinski definition) is 1. The van der Waals surface area contributed by atoms with Gasteiger partial charge in [0.1, 0.15) is 0 Å². The van der Waals surface area contributed by atoms with E-state index in [1.165, 1.54) is 37.9 Å². The average molecular weight is 334 g/mol. The Hall–Kier alpha value is -2.46. The van der Waals surface area contributed by atoms with Crippen molar-refractivity contribution in [1.82, 2.24) is 10.1 Å². The number of benzene rings is 2. The third kappa shape index (κ3) is 4.15. The number of nitrogens with one attached hydrogen (secondary N) is 1. The largest absolute Gasteiger partial charge is 0.333 e. The summed E-state index contributed by atoms with van der Waals surface area (Å²) in [5.74, 6) is 2.23. The molecular formula is C21H24N3O+. The van der Waals surface area contributed by atoms with Crippen molar-refractivity contribution >= 4 is 0 Å². The lowest BCUT2D eigenvalue weighted by Crippen LogP contribution is -3.11. The Morgan fingerprint density at radius 1 is 0.920 bits per heavy atom. The predicted molar refractivity (Wildman–Crippen MR) is 97.0 cm³/mol. The average Bonchev–Trinajstić information content (AvgIpc) is 3.14. The molecule has 1 fully saturated rings. The van der Waals surface area contributed by atoms with Gasteiger partial charge in [-0.05, 0) is 30.7 Å². The fraction of sp³-hybridized carbons (Fsp3) is 0.333. The van der Waals surface area contributed by atoms with Gasteiger partial charge in [0, 0.05) is 5.56 Å². The van der Waals surface area contributed by atoms with E-state index in [-0.39, 0.29) is 0 Å². The molecule has 0 saturated carbocycles. The van der Waals surface area contributed by atoms with E-state index in [0.717, 1.165) is 23.9 Å². The summed E-state index contributed by atoms with van der Waals surface area (Å²) < 4.78 is 5.46. The van der Waals surface area contributed by atoms with Gasteiger partial charge in [-0.2, -0.15) is 4.98 Å². The summed E-state index contributed by atoms with van der Waals surface area (Å²) in [6.07, 6.45) is 3.74. The van der Waals surface area contributed by atoms with E-state index < -0.39 is 0 Å². The van der Waals surface area contributed by atoms with Crippen LogP contribution in [-0.2, 0) is 13.0 Å². The van der Waals surface area contributed by atoms with Crippen molar-refractivity contribution in [2.45, 2.75) is 25.8 Å². The van der Waals surface area contributed by atoms with Crippen molar-refractivity contribution in [1.29, 1.82) is 0 Å². The fourth-order valence-corrected chi connectivity index (χ4v) is 3.66. The normalized spacial score (nSPS) is 20.5. The Balaban J connectivity index is 1.30. The summed E-state index contributed by atoms with van der Waals surface area (Å²) in [7, 11) is 0. The summed E-state index contributed by atoms with van der Waals surface area (Å²) in [5, 5.41) is 4.12. The minimum absolute atomic E-state index is 0.689. The number of rotatable bonds is 5. The third-order valence-electron chi connectivity index (χ3n) is 5.08. The zero-order valence-corrected chi connectivity index (χ0v) is 14.4. The highest BCUT2D eigenvalue weighted by atomic mass is 16.5. The molecule has 1 N–H and O–H groups in total. The summed E-state index contributed by atoms with van der Waals surface area (Å²) in [6.45, 7) is 3.19. The van der Waals surface area contributed by atoms with Crippen LogP contribution in [0.5, 0.6) is 0 Å². The highest BCUT2D eigenvalue weighted by Crippen LogP contribution is 2.17. The second-order valence-corrected chi connectivity index (χ2v) is 6.94. The molecule has 0 bridgehead atoms. The number of nitrogens with zero attached hydrogens (tertiary/aromatic N) is 2. The number of likely N-dealkylation sites (tertiary alicyclic amines) is 1. The minimum atomic E-state index is 0.689.